The Bertz CT molecular complexity index is 506. The first-order chi connectivity index (χ1) is 9.67. The molecule has 0 radical (unpaired) electrons. The molecule has 5 heteroatoms. The molecule has 1 rings (SSSR count). The Kier molecular flexibility index (Phi) is 7.74. The van der Waals surface area contributed by atoms with Gasteiger partial charge >= 0.3 is 0 Å². The number of aliphatic hydroxyl groups excluding tert-OH is 1. The number of benzene rings is 1. The second-order valence-electron chi connectivity index (χ2n) is 3.96. The summed E-state index contributed by atoms with van der Waals surface area (Å²) in [6.07, 6.45) is 0.671. The third-order valence-electron chi connectivity index (χ3n) is 2.39. The third kappa shape index (κ3) is 6.07. The highest BCUT2D eigenvalue weighted by molar-refractivity contribution is 6.30. The van der Waals surface area contributed by atoms with Crippen LogP contribution in [0.2, 0.25) is 5.02 Å². The molecule has 0 heterocycles. The summed E-state index contributed by atoms with van der Waals surface area (Å²) < 4.78 is 5.13. The van der Waals surface area contributed by atoms with Gasteiger partial charge in [0.15, 0.2) is 0 Å². The highest BCUT2D eigenvalue weighted by atomic mass is 35.5. The lowest BCUT2D eigenvalue weighted by Crippen LogP contribution is -2.15. The lowest BCUT2D eigenvalue weighted by atomic mass is 10.1. The molecule has 0 saturated heterocycles. The van der Waals surface area contributed by atoms with E-state index in [-0.39, 0.29) is 12.5 Å². The first-order valence-electron chi connectivity index (χ1n) is 6.44. The van der Waals surface area contributed by atoms with Crippen molar-refractivity contribution in [2.24, 2.45) is 0 Å². The van der Waals surface area contributed by atoms with Crippen LogP contribution in [0.3, 0.4) is 0 Å². The summed E-state index contributed by atoms with van der Waals surface area (Å²) >= 11 is 5.92. The van der Waals surface area contributed by atoms with Crippen LogP contribution >= 0.6 is 11.6 Å². The van der Waals surface area contributed by atoms with Crippen LogP contribution in [0.15, 0.2) is 18.2 Å². The zero-order chi connectivity index (χ0) is 14.8. The van der Waals surface area contributed by atoms with Gasteiger partial charge in [-0.3, -0.25) is 4.79 Å². The van der Waals surface area contributed by atoms with Gasteiger partial charge in [-0.2, -0.15) is 0 Å². The van der Waals surface area contributed by atoms with E-state index in [4.69, 9.17) is 21.4 Å². The van der Waals surface area contributed by atoms with E-state index < -0.39 is 0 Å². The number of amides is 1. The van der Waals surface area contributed by atoms with Crippen LogP contribution in [0, 0.1) is 11.8 Å². The first-order valence-corrected chi connectivity index (χ1v) is 6.82. The summed E-state index contributed by atoms with van der Waals surface area (Å²) in [4.78, 5) is 11.7. The van der Waals surface area contributed by atoms with E-state index in [1.807, 2.05) is 6.92 Å². The van der Waals surface area contributed by atoms with Gasteiger partial charge in [0.25, 0.3) is 0 Å². The lowest BCUT2D eigenvalue weighted by molar-refractivity contribution is -0.117. The molecule has 0 spiro atoms. The van der Waals surface area contributed by atoms with Crippen LogP contribution in [0.5, 0.6) is 0 Å². The molecule has 0 saturated carbocycles. The van der Waals surface area contributed by atoms with Crippen LogP contribution in [-0.2, 0) is 9.53 Å². The molecule has 0 aliphatic carbocycles. The number of hydrogen-bond donors (Lipinski definition) is 2. The van der Waals surface area contributed by atoms with Gasteiger partial charge < -0.3 is 15.2 Å². The predicted octanol–water partition coefficient (Wildman–Crippen LogP) is 2.44. The number of aliphatic hydroxyl groups is 1. The van der Waals surface area contributed by atoms with E-state index in [0.29, 0.717) is 42.3 Å². The maximum Gasteiger partial charge on any atom is 0.226 e. The van der Waals surface area contributed by atoms with Gasteiger partial charge in [-0.25, -0.2) is 0 Å². The lowest BCUT2D eigenvalue weighted by Gasteiger charge is -2.08. The zero-order valence-corrected chi connectivity index (χ0v) is 12.2. The Morgan fingerprint density at radius 1 is 1.50 bits per heavy atom. The fourth-order valence-corrected chi connectivity index (χ4v) is 1.64. The summed E-state index contributed by atoms with van der Waals surface area (Å²) in [6, 6.07) is 5.09. The van der Waals surface area contributed by atoms with Gasteiger partial charge in [-0.1, -0.05) is 23.4 Å². The summed E-state index contributed by atoms with van der Waals surface area (Å²) in [7, 11) is 0. The highest BCUT2D eigenvalue weighted by Gasteiger charge is 2.06. The number of carbonyl (C=O) groups is 1. The molecule has 1 amide bonds. The Balaban J connectivity index is 2.74. The van der Waals surface area contributed by atoms with Gasteiger partial charge in [-0.05, 0) is 25.1 Å². The van der Waals surface area contributed by atoms with Crippen molar-refractivity contribution >= 4 is 23.2 Å². The van der Waals surface area contributed by atoms with Crippen molar-refractivity contribution in [1.29, 1.82) is 0 Å². The molecule has 4 nitrogen and oxygen atoms in total. The van der Waals surface area contributed by atoms with Gasteiger partial charge in [0.1, 0.15) is 0 Å². The SMILES string of the molecule is CCOCCC(=O)Nc1ccc(Cl)cc1C#CCCO. The van der Waals surface area contributed by atoms with Gasteiger partial charge in [0, 0.05) is 23.6 Å². The minimum absolute atomic E-state index is 0.00359. The Hall–Kier alpha value is -1.54. The molecule has 1 aromatic carbocycles. The van der Waals surface area contributed by atoms with Crippen LogP contribution in [0.4, 0.5) is 5.69 Å². The predicted molar refractivity (Wildman–Crippen MR) is 79.8 cm³/mol. The van der Waals surface area contributed by atoms with Gasteiger partial charge in [0.05, 0.1) is 25.3 Å². The van der Waals surface area contributed by atoms with E-state index in [1.54, 1.807) is 18.2 Å². The second-order valence-corrected chi connectivity index (χ2v) is 4.40. The average molecular weight is 296 g/mol. The number of ether oxygens (including phenoxy) is 1. The van der Waals surface area contributed by atoms with Crippen LogP contribution in [0.1, 0.15) is 25.3 Å². The minimum Gasteiger partial charge on any atom is -0.395 e. The molecular weight excluding hydrogens is 278 g/mol. The zero-order valence-electron chi connectivity index (χ0n) is 11.4. The van der Waals surface area contributed by atoms with Crippen LogP contribution < -0.4 is 5.32 Å². The first kappa shape index (κ1) is 16.5. The fraction of sp³-hybridized carbons (Fsp3) is 0.400. The number of nitrogens with one attached hydrogen (secondary N) is 1. The Morgan fingerprint density at radius 2 is 2.30 bits per heavy atom. The number of anilines is 1. The molecule has 0 bridgehead atoms. The average Bonchev–Trinajstić information content (AvgIpc) is 2.42. The number of halogens is 1. The van der Waals surface area contributed by atoms with E-state index in [9.17, 15) is 4.79 Å². The maximum atomic E-state index is 11.7. The van der Waals surface area contributed by atoms with Crippen molar-refractivity contribution in [1.82, 2.24) is 0 Å². The molecule has 0 atom stereocenters. The Labute approximate surface area is 124 Å². The Morgan fingerprint density at radius 3 is 3.00 bits per heavy atom. The number of rotatable bonds is 6. The third-order valence-corrected chi connectivity index (χ3v) is 2.63. The quantitative estimate of drug-likeness (QED) is 0.626. The van der Waals surface area contributed by atoms with Crippen LogP contribution in [0.25, 0.3) is 0 Å². The van der Waals surface area contributed by atoms with E-state index in [1.165, 1.54) is 0 Å². The van der Waals surface area contributed by atoms with E-state index >= 15 is 0 Å². The topological polar surface area (TPSA) is 58.6 Å². The minimum atomic E-state index is -0.133. The summed E-state index contributed by atoms with van der Waals surface area (Å²) in [5.74, 6) is 5.56. The molecule has 1 aromatic rings. The normalized spacial score (nSPS) is 9.75. The molecule has 0 aromatic heterocycles. The molecule has 20 heavy (non-hydrogen) atoms. The smallest absolute Gasteiger partial charge is 0.226 e. The van der Waals surface area contributed by atoms with Crippen LogP contribution in [-0.4, -0.2) is 30.8 Å². The molecule has 0 aliphatic heterocycles. The van der Waals surface area contributed by atoms with Crippen molar-refractivity contribution in [3.63, 3.8) is 0 Å². The summed E-state index contributed by atoms with van der Waals surface area (Å²) in [6.45, 7) is 2.86. The molecular formula is C15H18ClNO3. The summed E-state index contributed by atoms with van der Waals surface area (Å²) in [5.41, 5.74) is 1.25. The second kappa shape index (κ2) is 9.38. The number of hydrogen-bond acceptors (Lipinski definition) is 3. The standard InChI is InChI=1S/C15H18ClNO3/c1-2-20-10-8-15(19)17-14-7-6-13(16)11-12(14)5-3-4-9-18/h6-7,11,18H,2,4,8-10H2,1H3,(H,17,19). The number of carbonyl (C=O) groups excluding carboxylic acids is 1. The largest absolute Gasteiger partial charge is 0.395 e. The van der Waals surface area contributed by atoms with Gasteiger partial charge in [-0.15, -0.1) is 0 Å². The molecule has 0 fully saturated rings. The molecule has 0 unspecified atom stereocenters. The van der Waals surface area contributed by atoms with Crippen molar-refractivity contribution in [2.75, 3.05) is 25.1 Å². The van der Waals surface area contributed by atoms with E-state index in [0.717, 1.165) is 0 Å². The van der Waals surface area contributed by atoms with Gasteiger partial charge in [0.2, 0.25) is 5.91 Å². The maximum absolute atomic E-state index is 11.7. The van der Waals surface area contributed by atoms with E-state index in [2.05, 4.69) is 17.2 Å². The molecule has 2 N–H and O–H groups in total. The molecule has 108 valence electrons. The fourth-order valence-electron chi connectivity index (χ4n) is 1.46. The van der Waals surface area contributed by atoms with Crippen molar-refractivity contribution in [3.8, 4) is 11.8 Å². The van der Waals surface area contributed by atoms with Crippen molar-refractivity contribution in [3.05, 3.63) is 28.8 Å². The highest BCUT2D eigenvalue weighted by Crippen LogP contribution is 2.20. The monoisotopic (exact) mass is 295 g/mol. The summed E-state index contributed by atoms with van der Waals surface area (Å²) in [5, 5.41) is 12.0. The van der Waals surface area contributed by atoms with Crippen molar-refractivity contribution < 1.29 is 14.6 Å². The van der Waals surface area contributed by atoms with Crippen molar-refractivity contribution in [2.45, 2.75) is 19.8 Å². The molecule has 0 aliphatic rings.